The van der Waals surface area contributed by atoms with Crippen LogP contribution in [-0.4, -0.2) is 25.4 Å². The zero-order valence-electron chi connectivity index (χ0n) is 13.4. The first-order chi connectivity index (χ1) is 11.5. The van der Waals surface area contributed by atoms with E-state index < -0.39 is 5.91 Å². The summed E-state index contributed by atoms with van der Waals surface area (Å²) in [4.78, 5) is 23.0. The number of amides is 1. The zero-order valence-corrected chi connectivity index (χ0v) is 13.4. The Kier molecular flexibility index (Phi) is 4.21. The molecule has 0 fully saturated rings. The highest BCUT2D eigenvalue weighted by molar-refractivity contribution is 6.32. The van der Waals surface area contributed by atoms with Crippen LogP contribution < -0.4 is 10.2 Å². The first-order valence-electron chi connectivity index (χ1n) is 7.44. The average molecular weight is 318 g/mol. The number of aryl methyl sites for hydroxylation is 1. The fourth-order valence-corrected chi connectivity index (χ4v) is 2.87. The van der Waals surface area contributed by atoms with Crippen molar-refractivity contribution in [3.05, 3.63) is 64.2 Å². The fourth-order valence-electron chi connectivity index (χ4n) is 2.87. The summed E-state index contributed by atoms with van der Waals surface area (Å²) in [6, 6.07) is 13.1. The molecule has 0 atom stereocenters. The van der Waals surface area contributed by atoms with Gasteiger partial charge in [0, 0.05) is 17.1 Å². The van der Waals surface area contributed by atoms with Crippen LogP contribution in [0.5, 0.6) is 5.75 Å². The summed E-state index contributed by atoms with van der Waals surface area (Å²) in [5, 5.41) is 3.37. The van der Waals surface area contributed by atoms with E-state index >= 15 is 0 Å². The molecular weight excluding hydrogens is 303 g/mol. The third kappa shape index (κ3) is 2.71. The summed E-state index contributed by atoms with van der Waals surface area (Å²) < 4.78 is 7.17. The smallest absolute Gasteiger partial charge is 0.336 e. The molecule has 1 aromatic heterocycles. The summed E-state index contributed by atoms with van der Waals surface area (Å²) in [7, 11) is 7.19. The Balaban J connectivity index is 2.25. The number of ether oxygens (including phenoxy) is 1. The molecule has 1 amide bonds. The lowest BCUT2D eigenvalue weighted by atomic mass is 9.95. The second-order valence-corrected chi connectivity index (χ2v) is 5.63. The van der Waals surface area contributed by atoms with E-state index in [1.165, 1.54) is 7.11 Å². The molecule has 118 valence electrons. The summed E-state index contributed by atoms with van der Waals surface area (Å²) in [5.41, 5.74) is 3.61. The second kappa shape index (κ2) is 6.32. The molecule has 0 saturated heterocycles. The van der Waals surface area contributed by atoms with Crippen molar-refractivity contribution in [1.29, 1.82) is 0 Å². The molecule has 2 radical (unpaired) electrons. The van der Waals surface area contributed by atoms with E-state index in [0.717, 1.165) is 22.0 Å². The monoisotopic (exact) mass is 318 g/mol. The molecule has 1 heterocycles. The van der Waals surface area contributed by atoms with E-state index in [4.69, 9.17) is 12.6 Å². The van der Waals surface area contributed by atoms with Crippen LogP contribution in [0.4, 0.5) is 0 Å². The number of benzene rings is 2. The van der Waals surface area contributed by atoms with Crippen LogP contribution in [-0.2, 0) is 6.54 Å². The van der Waals surface area contributed by atoms with Gasteiger partial charge in [0.25, 0.3) is 0 Å². The van der Waals surface area contributed by atoms with Crippen molar-refractivity contribution < 1.29 is 9.53 Å². The molecule has 5 nitrogen and oxygen atoms in total. The van der Waals surface area contributed by atoms with Gasteiger partial charge in [0.15, 0.2) is 11.4 Å². The molecule has 0 aliphatic heterocycles. The second-order valence-electron chi connectivity index (χ2n) is 5.63. The number of hydrogen-bond donors (Lipinski definition) is 0. The Labute approximate surface area is 140 Å². The number of fused-ring (bicyclic) bond motifs is 1. The quantitative estimate of drug-likeness (QED) is 0.549. The van der Waals surface area contributed by atoms with Gasteiger partial charge in [-0.1, -0.05) is 41.4 Å². The first-order valence-corrected chi connectivity index (χ1v) is 7.44. The summed E-state index contributed by atoms with van der Waals surface area (Å²) in [5.74, 6) is -0.482. The number of rotatable bonds is 4. The molecule has 0 spiro atoms. The van der Waals surface area contributed by atoms with Crippen molar-refractivity contribution in [3.63, 3.8) is 0 Å². The molecule has 24 heavy (non-hydrogen) atoms. The topological polar surface area (TPSA) is 60.7 Å². The van der Waals surface area contributed by atoms with Crippen molar-refractivity contribution in [1.82, 2.24) is 4.57 Å². The van der Waals surface area contributed by atoms with E-state index in [2.05, 4.69) is 5.18 Å². The first kappa shape index (κ1) is 16.0. The Morgan fingerprint density at radius 3 is 2.54 bits per heavy atom. The SMILES string of the molecule is [B]c1ccc(Cn2c(C(=O)N=O)c(OC)c3cc(C)ccc32)cc1. The Bertz CT molecular complexity index is 930. The van der Waals surface area contributed by atoms with Crippen molar-refractivity contribution in [2.24, 2.45) is 5.18 Å². The molecule has 6 heteroatoms. The van der Waals surface area contributed by atoms with Crippen LogP contribution in [0.2, 0.25) is 0 Å². The molecule has 0 bridgehead atoms. The number of aromatic nitrogens is 1. The normalized spacial score (nSPS) is 10.8. The van der Waals surface area contributed by atoms with Gasteiger partial charge < -0.3 is 9.30 Å². The minimum Gasteiger partial charge on any atom is -0.494 e. The van der Waals surface area contributed by atoms with Crippen LogP contribution in [0, 0.1) is 11.8 Å². The van der Waals surface area contributed by atoms with E-state index in [9.17, 15) is 9.70 Å². The van der Waals surface area contributed by atoms with E-state index in [0.29, 0.717) is 17.8 Å². The van der Waals surface area contributed by atoms with Gasteiger partial charge in [0.2, 0.25) is 0 Å². The average Bonchev–Trinajstić information content (AvgIpc) is 2.88. The Hall–Kier alpha value is -2.89. The fraction of sp³-hybridized carbons (Fsp3) is 0.167. The van der Waals surface area contributed by atoms with Gasteiger partial charge in [-0.3, -0.25) is 4.79 Å². The molecule has 0 aliphatic carbocycles. The van der Waals surface area contributed by atoms with Gasteiger partial charge in [-0.05, 0) is 24.6 Å². The van der Waals surface area contributed by atoms with Crippen molar-refractivity contribution in [3.8, 4) is 5.75 Å². The predicted molar refractivity (Wildman–Crippen MR) is 94.3 cm³/mol. The summed E-state index contributed by atoms with van der Waals surface area (Å²) in [6.07, 6.45) is 0. The maximum Gasteiger partial charge on any atom is 0.336 e. The maximum absolute atomic E-state index is 12.1. The highest BCUT2D eigenvalue weighted by Gasteiger charge is 2.24. The molecule has 0 N–H and O–H groups in total. The van der Waals surface area contributed by atoms with Crippen LogP contribution in [0.15, 0.2) is 47.6 Å². The van der Waals surface area contributed by atoms with Gasteiger partial charge in [0.05, 0.1) is 12.6 Å². The molecule has 0 aliphatic rings. The van der Waals surface area contributed by atoms with E-state index in [-0.39, 0.29) is 5.69 Å². The minimum absolute atomic E-state index is 0.157. The van der Waals surface area contributed by atoms with E-state index in [1.807, 2.05) is 37.3 Å². The third-order valence-corrected chi connectivity index (χ3v) is 3.98. The standard InChI is InChI=1S/C18H15BN2O3/c1-11-3-8-15-14(9-11)17(24-2)16(18(22)20-23)21(15)10-12-4-6-13(19)7-5-12/h3-9H,10H2,1-2H3. The molecule has 3 rings (SSSR count). The van der Waals surface area contributed by atoms with Crippen molar-refractivity contribution >= 4 is 30.1 Å². The number of nitrogens with zero attached hydrogens (tertiary/aromatic N) is 2. The van der Waals surface area contributed by atoms with Crippen molar-refractivity contribution in [2.75, 3.05) is 7.11 Å². The van der Waals surface area contributed by atoms with Crippen LogP contribution in [0.3, 0.4) is 0 Å². The number of methoxy groups -OCH3 is 1. The lowest BCUT2D eigenvalue weighted by Gasteiger charge is -2.09. The van der Waals surface area contributed by atoms with Gasteiger partial charge in [-0.25, -0.2) is 0 Å². The Morgan fingerprint density at radius 1 is 1.21 bits per heavy atom. The van der Waals surface area contributed by atoms with E-state index in [1.54, 1.807) is 16.7 Å². The lowest BCUT2D eigenvalue weighted by molar-refractivity contribution is 0.0989. The van der Waals surface area contributed by atoms with Crippen LogP contribution in [0.1, 0.15) is 21.6 Å². The molecule has 0 saturated carbocycles. The Morgan fingerprint density at radius 2 is 1.92 bits per heavy atom. The molecule has 0 unspecified atom stereocenters. The number of nitroso groups, excluding NO2 is 1. The van der Waals surface area contributed by atoms with Gasteiger partial charge in [-0.15, -0.1) is 4.91 Å². The van der Waals surface area contributed by atoms with Crippen LogP contribution in [0.25, 0.3) is 10.9 Å². The molecule has 3 aromatic rings. The minimum atomic E-state index is -0.851. The summed E-state index contributed by atoms with van der Waals surface area (Å²) >= 11 is 0. The van der Waals surface area contributed by atoms with Crippen LogP contribution >= 0.6 is 0 Å². The number of carbonyl (C=O) groups excluding carboxylic acids is 1. The largest absolute Gasteiger partial charge is 0.494 e. The highest BCUT2D eigenvalue weighted by atomic mass is 16.5. The number of carbonyl (C=O) groups is 1. The van der Waals surface area contributed by atoms with Gasteiger partial charge >= 0.3 is 5.91 Å². The number of hydrogen-bond acceptors (Lipinski definition) is 3. The van der Waals surface area contributed by atoms with Gasteiger partial charge in [0.1, 0.15) is 7.85 Å². The van der Waals surface area contributed by atoms with Crippen molar-refractivity contribution in [2.45, 2.75) is 13.5 Å². The predicted octanol–water partition coefficient (Wildman–Crippen LogP) is 2.71. The molecule has 2 aromatic carbocycles. The highest BCUT2D eigenvalue weighted by Crippen LogP contribution is 2.35. The lowest BCUT2D eigenvalue weighted by Crippen LogP contribution is -2.10. The molecular formula is C18H15BN2O3. The summed E-state index contributed by atoms with van der Waals surface area (Å²) in [6.45, 7) is 2.36. The van der Waals surface area contributed by atoms with Gasteiger partial charge in [-0.2, -0.15) is 0 Å². The zero-order chi connectivity index (χ0) is 17.3. The maximum atomic E-state index is 12.1. The third-order valence-electron chi connectivity index (χ3n) is 3.98.